The van der Waals surface area contributed by atoms with Crippen LogP contribution in [-0.4, -0.2) is 50.0 Å². The molecule has 0 bridgehead atoms. The first kappa shape index (κ1) is 26.9. The molecule has 2 aromatic rings. The lowest BCUT2D eigenvalue weighted by atomic mass is 9.95. The molecule has 1 N–H and O–H groups in total. The lowest BCUT2D eigenvalue weighted by molar-refractivity contribution is -0.139. The molecule has 0 radical (unpaired) electrons. The third-order valence-electron chi connectivity index (χ3n) is 6.22. The summed E-state index contributed by atoms with van der Waals surface area (Å²) in [6, 6.07) is 11.3. The van der Waals surface area contributed by atoms with Crippen molar-refractivity contribution in [2.45, 2.75) is 57.7 Å². The molecule has 1 aliphatic carbocycles. The van der Waals surface area contributed by atoms with Crippen molar-refractivity contribution in [3.8, 4) is 0 Å². The van der Waals surface area contributed by atoms with Crippen LogP contribution < -0.4 is 9.62 Å². The Labute approximate surface area is 211 Å². The highest BCUT2D eigenvalue weighted by Gasteiger charge is 2.32. The van der Waals surface area contributed by atoms with E-state index in [-0.39, 0.29) is 34.8 Å². The minimum Gasteiger partial charge on any atom is -0.352 e. The molecule has 10 heteroatoms. The number of para-hydroxylation sites is 1. The second-order valence-electron chi connectivity index (χ2n) is 8.85. The zero-order chi connectivity index (χ0) is 25.6. The van der Waals surface area contributed by atoms with Crippen molar-refractivity contribution in [2.75, 3.05) is 17.1 Å². The van der Waals surface area contributed by atoms with Gasteiger partial charge in [0.05, 0.1) is 17.0 Å². The van der Waals surface area contributed by atoms with E-state index in [2.05, 4.69) is 5.32 Å². The molecule has 0 unspecified atom stereocenters. The number of benzene rings is 2. The van der Waals surface area contributed by atoms with Crippen molar-refractivity contribution in [1.82, 2.24) is 10.2 Å². The van der Waals surface area contributed by atoms with Gasteiger partial charge in [-0.15, -0.1) is 0 Å². The highest BCUT2D eigenvalue weighted by Crippen LogP contribution is 2.27. The van der Waals surface area contributed by atoms with Crippen molar-refractivity contribution >= 4 is 39.1 Å². The quantitative estimate of drug-likeness (QED) is 0.536. The number of carbonyl (C=O) groups is 2. The average molecular weight is 524 g/mol. The van der Waals surface area contributed by atoms with Crippen LogP contribution in [0.25, 0.3) is 0 Å². The molecule has 1 fully saturated rings. The van der Waals surface area contributed by atoms with Gasteiger partial charge in [-0.25, -0.2) is 12.8 Å². The fourth-order valence-electron chi connectivity index (χ4n) is 4.21. The van der Waals surface area contributed by atoms with Crippen LogP contribution in [0.5, 0.6) is 0 Å². The first-order valence-corrected chi connectivity index (χ1v) is 13.9. The van der Waals surface area contributed by atoms with Gasteiger partial charge in [-0.1, -0.05) is 61.2 Å². The van der Waals surface area contributed by atoms with E-state index in [1.165, 1.54) is 35.2 Å². The van der Waals surface area contributed by atoms with Gasteiger partial charge in [-0.3, -0.25) is 13.9 Å². The molecule has 0 aliphatic heterocycles. The van der Waals surface area contributed by atoms with Crippen LogP contribution in [0.3, 0.4) is 0 Å². The molecule has 2 amide bonds. The first-order valence-electron chi connectivity index (χ1n) is 11.6. The van der Waals surface area contributed by atoms with Crippen molar-refractivity contribution < 1.29 is 22.4 Å². The third kappa shape index (κ3) is 7.18. The largest absolute Gasteiger partial charge is 0.352 e. The Bertz CT molecular complexity index is 1150. The zero-order valence-corrected chi connectivity index (χ0v) is 21.5. The molecule has 0 saturated heterocycles. The third-order valence-corrected chi connectivity index (χ3v) is 7.66. The SMILES string of the molecule is C[C@H](C(=O)NC1CCCCC1)N(Cc1ccccc1F)C(=O)CN(c1ccccc1Cl)S(C)(=O)=O. The number of anilines is 1. The van der Waals surface area contributed by atoms with Crippen molar-refractivity contribution in [3.63, 3.8) is 0 Å². The van der Waals surface area contributed by atoms with Crippen molar-refractivity contribution in [2.24, 2.45) is 0 Å². The van der Waals surface area contributed by atoms with Crippen LogP contribution in [0.1, 0.15) is 44.6 Å². The fourth-order valence-corrected chi connectivity index (χ4v) is 5.36. The Balaban J connectivity index is 1.89. The molecule has 3 rings (SSSR count). The number of hydrogen-bond donors (Lipinski definition) is 1. The Morgan fingerprint density at radius 2 is 1.71 bits per heavy atom. The molecule has 7 nitrogen and oxygen atoms in total. The monoisotopic (exact) mass is 523 g/mol. The lowest BCUT2D eigenvalue weighted by Crippen LogP contribution is -2.53. The Morgan fingerprint density at radius 3 is 2.34 bits per heavy atom. The van der Waals surface area contributed by atoms with Gasteiger partial charge in [0.1, 0.15) is 18.4 Å². The van der Waals surface area contributed by atoms with Crippen LogP contribution in [-0.2, 0) is 26.2 Å². The van der Waals surface area contributed by atoms with Gasteiger partial charge < -0.3 is 10.2 Å². The Morgan fingerprint density at radius 1 is 1.09 bits per heavy atom. The standard InChI is InChI=1S/C25H31ClFN3O4S/c1-18(25(32)28-20-11-4-3-5-12-20)29(16-19-10-6-8-14-22(19)27)24(31)17-30(35(2,33)34)23-15-9-7-13-21(23)26/h6-10,13-15,18,20H,3-5,11-12,16-17H2,1-2H3,(H,28,32)/t18-/m1/s1. The molecule has 35 heavy (non-hydrogen) atoms. The molecule has 190 valence electrons. The summed E-state index contributed by atoms with van der Waals surface area (Å²) >= 11 is 6.22. The van der Waals surface area contributed by atoms with Crippen molar-refractivity contribution in [3.05, 3.63) is 64.9 Å². The molecule has 0 heterocycles. The van der Waals surface area contributed by atoms with Gasteiger partial charge >= 0.3 is 0 Å². The van der Waals surface area contributed by atoms with E-state index in [9.17, 15) is 22.4 Å². The van der Waals surface area contributed by atoms with Gasteiger partial charge in [0.25, 0.3) is 0 Å². The number of sulfonamides is 1. The highest BCUT2D eigenvalue weighted by atomic mass is 35.5. The second kappa shape index (κ2) is 11.9. The molecule has 1 aliphatic rings. The normalized spacial score (nSPS) is 15.3. The zero-order valence-electron chi connectivity index (χ0n) is 19.9. The number of amides is 2. The van der Waals surface area contributed by atoms with Crippen LogP contribution in [0.15, 0.2) is 48.5 Å². The van der Waals surface area contributed by atoms with Gasteiger partial charge in [0, 0.05) is 18.2 Å². The molecule has 0 spiro atoms. The Hall–Kier alpha value is -2.65. The van der Waals surface area contributed by atoms with E-state index in [0.717, 1.165) is 42.7 Å². The van der Waals surface area contributed by atoms with E-state index in [4.69, 9.17) is 11.6 Å². The molecular weight excluding hydrogens is 493 g/mol. The fraction of sp³-hybridized carbons (Fsp3) is 0.440. The number of nitrogens with one attached hydrogen (secondary N) is 1. The van der Waals surface area contributed by atoms with Gasteiger partial charge in [0.15, 0.2) is 0 Å². The second-order valence-corrected chi connectivity index (χ2v) is 11.2. The first-order chi connectivity index (χ1) is 16.6. The van der Waals surface area contributed by atoms with Crippen LogP contribution in [0.4, 0.5) is 10.1 Å². The van der Waals surface area contributed by atoms with E-state index < -0.39 is 34.3 Å². The summed E-state index contributed by atoms with van der Waals surface area (Å²) in [5, 5.41) is 3.16. The maximum Gasteiger partial charge on any atom is 0.244 e. The molecular formula is C25H31ClFN3O4S. The number of carbonyl (C=O) groups excluding carboxylic acids is 2. The topological polar surface area (TPSA) is 86.8 Å². The molecule has 1 atom stereocenters. The predicted octanol–water partition coefficient (Wildman–Crippen LogP) is 4.11. The van der Waals surface area contributed by atoms with Gasteiger partial charge in [-0.2, -0.15) is 0 Å². The van der Waals surface area contributed by atoms with Crippen LogP contribution >= 0.6 is 11.6 Å². The predicted molar refractivity (Wildman–Crippen MR) is 135 cm³/mol. The van der Waals surface area contributed by atoms with Crippen LogP contribution in [0, 0.1) is 5.82 Å². The summed E-state index contributed by atoms with van der Waals surface area (Å²) < 4.78 is 40.5. The average Bonchev–Trinajstić information content (AvgIpc) is 2.82. The number of rotatable bonds is 9. The maximum absolute atomic E-state index is 14.5. The summed E-state index contributed by atoms with van der Waals surface area (Å²) in [5.41, 5.74) is 0.372. The number of halogens is 2. The number of nitrogens with zero attached hydrogens (tertiary/aromatic N) is 2. The summed E-state index contributed by atoms with van der Waals surface area (Å²) in [6.45, 7) is 0.792. The summed E-state index contributed by atoms with van der Waals surface area (Å²) in [5.74, 6) is -1.52. The maximum atomic E-state index is 14.5. The van der Waals surface area contributed by atoms with E-state index in [1.54, 1.807) is 25.1 Å². The summed E-state index contributed by atoms with van der Waals surface area (Å²) in [7, 11) is -3.89. The Kier molecular flexibility index (Phi) is 9.13. The van der Waals surface area contributed by atoms with Gasteiger partial charge in [-0.05, 0) is 38.0 Å². The van der Waals surface area contributed by atoms with Crippen LogP contribution in [0.2, 0.25) is 5.02 Å². The van der Waals surface area contributed by atoms with Crippen molar-refractivity contribution in [1.29, 1.82) is 0 Å². The van der Waals surface area contributed by atoms with Gasteiger partial charge in [0.2, 0.25) is 21.8 Å². The van der Waals surface area contributed by atoms with E-state index >= 15 is 0 Å². The molecule has 1 saturated carbocycles. The molecule has 2 aromatic carbocycles. The highest BCUT2D eigenvalue weighted by molar-refractivity contribution is 7.92. The lowest BCUT2D eigenvalue weighted by Gasteiger charge is -2.33. The smallest absolute Gasteiger partial charge is 0.244 e. The number of hydrogen-bond acceptors (Lipinski definition) is 4. The van der Waals surface area contributed by atoms with E-state index in [1.807, 2.05) is 0 Å². The minimum absolute atomic E-state index is 0.0276. The minimum atomic E-state index is -3.89. The molecule has 0 aromatic heterocycles. The summed E-state index contributed by atoms with van der Waals surface area (Å²) in [4.78, 5) is 27.8. The summed E-state index contributed by atoms with van der Waals surface area (Å²) in [6.07, 6.45) is 5.89. The van der Waals surface area contributed by atoms with E-state index in [0.29, 0.717) is 0 Å².